The van der Waals surface area contributed by atoms with E-state index in [9.17, 15) is 9.59 Å². The van der Waals surface area contributed by atoms with Gasteiger partial charge >= 0.3 is 11.9 Å². The number of nitrogens with zero attached hydrogens (tertiary/aromatic N) is 2. The lowest BCUT2D eigenvalue weighted by atomic mass is 10.1. The summed E-state index contributed by atoms with van der Waals surface area (Å²) in [6.07, 6.45) is 6.78. The van der Waals surface area contributed by atoms with Crippen LogP contribution in [0.25, 0.3) is 11.1 Å². The number of carboxylic acid groups (broad SMARTS) is 2. The lowest BCUT2D eigenvalue weighted by Crippen LogP contribution is -2.37. The van der Waals surface area contributed by atoms with E-state index in [0.29, 0.717) is 0 Å². The molecule has 2 aromatic rings. The van der Waals surface area contributed by atoms with Gasteiger partial charge in [0.05, 0.1) is 0 Å². The molecule has 0 aliphatic rings. The average molecular weight is 274 g/mol. The molecule has 0 unspecified atom stereocenters. The van der Waals surface area contributed by atoms with E-state index in [2.05, 4.69) is 0 Å². The molecule has 20 heavy (non-hydrogen) atoms. The summed E-state index contributed by atoms with van der Waals surface area (Å²) in [4.78, 5) is 21.2. The average Bonchev–Trinajstić information content (AvgIpc) is 2.39. The molecule has 0 spiro atoms. The summed E-state index contributed by atoms with van der Waals surface area (Å²) >= 11 is 0. The minimum atomic E-state index is -0.892. The van der Waals surface area contributed by atoms with E-state index in [4.69, 9.17) is 10.2 Å². The number of pyridine rings is 2. The quantitative estimate of drug-likeness (QED) is 0.757. The second kappa shape index (κ2) is 5.92. The SMILES string of the molecule is O=C(O)C[n+]1ccc(-c2cc[n+](CC(=O)O)cc2)cc1. The number of carboxylic acids is 2. The normalized spacial score (nSPS) is 10.2. The smallest absolute Gasteiger partial charge is 0.370 e. The zero-order chi connectivity index (χ0) is 14.5. The van der Waals surface area contributed by atoms with Gasteiger partial charge < -0.3 is 10.2 Å². The number of aliphatic carboxylic acids is 2. The fourth-order valence-electron chi connectivity index (χ4n) is 1.82. The van der Waals surface area contributed by atoms with Crippen LogP contribution in [0.4, 0.5) is 0 Å². The fourth-order valence-corrected chi connectivity index (χ4v) is 1.82. The Hall–Kier alpha value is -2.76. The highest BCUT2D eigenvalue weighted by molar-refractivity contribution is 5.65. The first-order chi connectivity index (χ1) is 9.54. The van der Waals surface area contributed by atoms with Crippen molar-refractivity contribution in [3.63, 3.8) is 0 Å². The van der Waals surface area contributed by atoms with Crippen LogP contribution in [0.5, 0.6) is 0 Å². The Bertz CT molecular complexity index is 563. The zero-order valence-corrected chi connectivity index (χ0v) is 10.6. The molecule has 0 aromatic carbocycles. The molecule has 2 heterocycles. The Labute approximate surface area is 115 Å². The predicted molar refractivity (Wildman–Crippen MR) is 67.5 cm³/mol. The van der Waals surface area contributed by atoms with Crippen LogP contribution in [-0.2, 0) is 22.7 Å². The van der Waals surface area contributed by atoms with Crippen molar-refractivity contribution in [1.29, 1.82) is 0 Å². The minimum Gasteiger partial charge on any atom is -0.477 e. The molecule has 6 nitrogen and oxygen atoms in total. The molecule has 102 valence electrons. The van der Waals surface area contributed by atoms with Gasteiger partial charge in [-0.15, -0.1) is 0 Å². The Morgan fingerprint density at radius 3 is 1.30 bits per heavy atom. The van der Waals surface area contributed by atoms with Gasteiger partial charge in [-0.05, 0) is 11.1 Å². The Kier molecular flexibility index (Phi) is 4.05. The van der Waals surface area contributed by atoms with Crippen molar-refractivity contribution < 1.29 is 28.9 Å². The Balaban J connectivity index is 2.15. The molecular formula is C14H14N2O4+2. The number of rotatable bonds is 5. The molecule has 6 heteroatoms. The lowest BCUT2D eigenvalue weighted by Gasteiger charge is -2.00. The first kappa shape index (κ1) is 13.7. The summed E-state index contributed by atoms with van der Waals surface area (Å²) in [6.45, 7) is -0.151. The second-order valence-electron chi connectivity index (χ2n) is 4.31. The molecule has 0 saturated carbocycles. The van der Waals surface area contributed by atoms with Crippen LogP contribution in [0.1, 0.15) is 0 Å². The van der Waals surface area contributed by atoms with Gasteiger partial charge in [0.25, 0.3) is 0 Å². The molecule has 2 N–H and O–H groups in total. The van der Waals surface area contributed by atoms with Crippen molar-refractivity contribution in [3.05, 3.63) is 49.1 Å². The van der Waals surface area contributed by atoms with Crippen LogP contribution in [0.2, 0.25) is 0 Å². The molecular weight excluding hydrogens is 260 g/mol. The van der Waals surface area contributed by atoms with Crippen molar-refractivity contribution >= 4 is 11.9 Å². The van der Waals surface area contributed by atoms with E-state index in [0.717, 1.165) is 11.1 Å². The number of carbonyl (C=O) groups is 2. The monoisotopic (exact) mass is 274 g/mol. The first-order valence-corrected chi connectivity index (χ1v) is 5.97. The van der Waals surface area contributed by atoms with Crippen LogP contribution in [0.3, 0.4) is 0 Å². The van der Waals surface area contributed by atoms with E-state index >= 15 is 0 Å². The number of hydrogen-bond acceptors (Lipinski definition) is 2. The Morgan fingerprint density at radius 1 is 0.750 bits per heavy atom. The molecule has 0 aliphatic carbocycles. The third-order valence-corrected chi connectivity index (χ3v) is 2.75. The highest BCUT2D eigenvalue weighted by Crippen LogP contribution is 2.15. The van der Waals surface area contributed by atoms with Crippen molar-refractivity contribution in [1.82, 2.24) is 0 Å². The van der Waals surface area contributed by atoms with E-state index in [1.54, 1.807) is 33.9 Å². The predicted octanol–water partition coefficient (Wildman–Crippen LogP) is 0.0978. The van der Waals surface area contributed by atoms with Crippen molar-refractivity contribution in [2.75, 3.05) is 0 Å². The fraction of sp³-hybridized carbons (Fsp3) is 0.143. The topological polar surface area (TPSA) is 82.4 Å². The van der Waals surface area contributed by atoms with E-state index in [1.807, 2.05) is 24.3 Å². The maximum Gasteiger partial charge on any atom is 0.370 e. The first-order valence-electron chi connectivity index (χ1n) is 5.97. The van der Waals surface area contributed by atoms with Gasteiger partial charge in [-0.3, -0.25) is 0 Å². The second-order valence-corrected chi connectivity index (χ2v) is 4.31. The van der Waals surface area contributed by atoms with Gasteiger partial charge in [-0.2, -0.15) is 9.13 Å². The summed E-state index contributed by atoms with van der Waals surface area (Å²) < 4.78 is 3.14. The molecule has 0 fully saturated rings. The van der Waals surface area contributed by atoms with Gasteiger partial charge in [0.2, 0.25) is 13.1 Å². The molecule has 0 saturated heterocycles. The van der Waals surface area contributed by atoms with E-state index in [1.165, 1.54) is 0 Å². The highest BCUT2D eigenvalue weighted by Gasteiger charge is 2.09. The van der Waals surface area contributed by atoms with Crippen LogP contribution in [0, 0.1) is 0 Å². The number of hydrogen-bond donors (Lipinski definition) is 2. The summed E-state index contributed by atoms with van der Waals surface area (Å²) in [5.74, 6) is -1.78. The van der Waals surface area contributed by atoms with Crippen LogP contribution in [-0.4, -0.2) is 22.2 Å². The molecule has 0 bridgehead atoms. The van der Waals surface area contributed by atoms with Crippen LogP contribution < -0.4 is 9.13 Å². The van der Waals surface area contributed by atoms with Crippen molar-refractivity contribution in [2.24, 2.45) is 0 Å². The van der Waals surface area contributed by atoms with Crippen LogP contribution in [0.15, 0.2) is 49.1 Å². The molecule has 0 atom stereocenters. The van der Waals surface area contributed by atoms with Gasteiger partial charge in [-0.1, -0.05) is 0 Å². The summed E-state index contributed by atoms with van der Waals surface area (Å²) in [5, 5.41) is 17.4. The molecule has 2 rings (SSSR count). The maximum atomic E-state index is 10.6. The maximum absolute atomic E-state index is 10.6. The standard InChI is InChI=1S/C14H12N2O4/c17-13(18)9-15-5-1-11(2-6-15)12-3-7-16(8-4-12)10-14(19)20/h1-8H,9-10H2/p+2. The van der Waals surface area contributed by atoms with Gasteiger partial charge in [0.15, 0.2) is 24.8 Å². The third-order valence-electron chi connectivity index (χ3n) is 2.75. The third kappa shape index (κ3) is 3.61. The van der Waals surface area contributed by atoms with Crippen LogP contribution >= 0.6 is 0 Å². The highest BCUT2D eigenvalue weighted by atomic mass is 16.4. The molecule has 0 amide bonds. The van der Waals surface area contributed by atoms with Gasteiger partial charge in [0, 0.05) is 24.3 Å². The van der Waals surface area contributed by atoms with Gasteiger partial charge in [0.1, 0.15) is 0 Å². The van der Waals surface area contributed by atoms with Crippen molar-refractivity contribution in [2.45, 2.75) is 13.1 Å². The van der Waals surface area contributed by atoms with E-state index < -0.39 is 11.9 Å². The van der Waals surface area contributed by atoms with Crippen molar-refractivity contribution in [3.8, 4) is 11.1 Å². The summed E-state index contributed by atoms with van der Waals surface area (Å²) in [6, 6.07) is 7.28. The lowest BCUT2D eigenvalue weighted by molar-refractivity contribution is -0.686. The minimum absolute atomic E-state index is 0.0757. The van der Waals surface area contributed by atoms with E-state index in [-0.39, 0.29) is 13.1 Å². The zero-order valence-electron chi connectivity index (χ0n) is 10.6. The largest absolute Gasteiger partial charge is 0.477 e. The molecule has 2 aromatic heterocycles. The molecule has 0 aliphatic heterocycles. The summed E-state index contributed by atoms with van der Waals surface area (Å²) in [5.41, 5.74) is 1.88. The number of aromatic nitrogens is 2. The summed E-state index contributed by atoms with van der Waals surface area (Å²) in [7, 11) is 0. The van der Waals surface area contributed by atoms with Gasteiger partial charge in [-0.25, -0.2) is 9.59 Å². The Morgan fingerprint density at radius 2 is 1.05 bits per heavy atom. The molecule has 0 radical (unpaired) electrons.